The largest absolute Gasteiger partial charge is 0.394 e. The highest BCUT2D eigenvalue weighted by Gasteiger charge is 2.56. The third kappa shape index (κ3) is 8.87. The summed E-state index contributed by atoms with van der Waals surface area (Å²) >= 11 is 0. The smallest absolute Gasteiger partial charge is 0.217 e. The summed E-state index contributed by atoms with van der Waals surface area (Å²) in [6.07, 6.45) is -28.8. The van der Waals surface area contributed by atoms with Crippen molar-refractivity contribution in [2.75, 3.05) is 19.8 Å². The molecule has 0 aromatic rings. The molecule has 0 aromatic heterocycles. The molecule has 4 fully saturated rings. The average Bonchev–Trinajstić information content (AvgIpc) is 3.07. The maximum atomic E-state index is 12.5. The quantitative estimate of drug-likeness (QED) is 0.0895. The monoisotopic (exact) mass is 717 g/mol. The first-order valence-electron chi connectivity index (χ1n) is 16.3. The number of rotatable bonds is 12. The molecule has 4 rings (SSSR count). The van der Waals surface area contributed by atoms with E-state index in [0.717, 1.165) is 6.92 Å². The van der Waals surface area contributed by atoms with E-state index in [4.69, 9.17) is 37.9 Å². The van der Waals surface area contributed by atoms with Gasteiger partial charge in [-0.2, -0.15) is 0 Å². The summed E-state index contributed by atoms with van der Waals surface area (Å²) in [6, 6.07) is -1.46. The molecule has 286 valence electrons. The lowest BCUT2D eigenvalue weighted by Crippen LogP contribution is -2.70. The first-order valence-corrected chi connectivity index (χ1v) is 16.3. The van der Waals surface area contributed by atoms with Crippen LogP contribution in [0.2, 0.25) is 0 Å². The van der Waals surface area contributed by atoms with Gasteiger partial charge in [-0.05, 0) is 20.3 Å². The second-order valence-corrected chi connectivity index (χ2v) is 12.7. The maximum absolute atomic E-state index is 12.5. The Morgan fingerprint density at radius 2 is 1.08 bits per heavy atom. The van der Waals surface area contributed by atoms with Gasteiger partial charge in [-0.25, -0.2) is 0 Å². The highest BCUT2D eigenvalue weighted by atomic mass is 16.8. The zero-order valence-electron chi connectivity index (χ0n) is 27.5. The molecule has 9 unspecified atom stereocenters. The molecule has 0 aliphatic carbocycles. The van der Waals surface area contributed by atoms with E-state index in [0.29, 0.717) is 6.42 Å². The molecule has 0 spiro atoms. The number of aliphatic hydroxyl groups is 10. The predicted molar refractivity (Wildman–Crippen MR) is 157 cm³/mol. The average molecular weight is 718 g/mol. The minimum atomic E-state index is -1.86. The summed E-state index contributed by atoms with van der Waals surface area (Å²) in [4.78, 5) is 12.5. The summed E-state index contributed by atoms with van der Waals surface area (Å²) in [7, 11) is 0. The van der Waals surface area contributed by atoms with Gasteiger partial charge in [0.2, 0.25) is 5.91 Å². The molecule has 11 N–H and O–H groups in total. The standard InChI is InChI=1S/C29H51NO19/c1-5-6-42-29-25(24(16(35)10(3)44-29)48-28-22(41)20(39)17(36)12(7-31)46-28)49-26-14(30-11(4)33)23(18(37)13(8-32)45-26)47-27-21(40)19(38)15(34)9(2)43-27/h9-10,12-29,31-32,34-41H,5-8H2,1-4H3,(H,30,33)/t9?,10?,12?,13?,14?,15-,16-,17+,18-,19?,20?,21-,22?,23+,24?,25-,26-,27-,28+,29+/m0/s1. The van der Waals surface area contributed by atoms with Gasteiger partial charge in [0.15, 0.2) is 25.2 Å². The molecular weight excluding hydrogens is 666 g/mol. The van der Waals surface area contributed by atoms with Gasteiger partial charge in [0.25, 0.3) is 0 Å². The van der Waals surface area contributed by atoms with Gasteiger partial charge >= 0.3 is 0 Å². The number of carbonyl (C=O) groups excluding carboxylic acids is 1. The van der Waals surface area contributed by atoms with Crippen molar-refractivity contribution in [3.63, 3.8) is 0 Å². The zero-order valence-corrected chi connectivity index (χ0v) is 27.5. The summed E-state index contributed by atoms with van der Waals surface area (Å²) in [5.74, 6) is -0.666. The fraction of sp³-hybridized carbons (Fsp3) is 0.966. The number of amides is 1. The fourth-order valence-corrected chi connectivity index (χ4v) is 6.16. The van der Waals surface area contributed by atoms with Gasteiger partial charge in [0.05, 0.1) is 25.4 Å². The van der Waals surface area contributed by atoms with Crippen molar-refractivity contribution in [1.82, 2.24) is 5.32 Å². The molecule has 0 bridgehead atoms. The van der Waals surface area contributed by atoms with Crippen LogP contribution in [0.1, 0.15) is 34.1 Å². The van der Waals surface area contributed by atoms with E-state index in [1.165, 1.54) is 13.8 Å². The molecule has 4 saturated heterocycles. The Hall–Kier alpha value is -1.25. The van der Waals surface area contributed by atoms with Gasteiger partial charge in [0.1, 0.15) is 85.4 Å². The number of hydrogen-bond acceptors (Lipinski definition) is 19. The van der Waals surface area contributed by atoms with Crippen molar-refractivity contribution in [3.8, 4) is 0 Å². The second-order valence-electron chi connectivity index (χ2n) is 12.7. The minimum absolute atomic E-state index is 0.119. The van der Waals surface area contributed by atoms with Crippen LogP contribution >= 0.6 is 0 Å². The molecule has 4 aliphatic heterocycles. The van der Waals surface area contributed by atoms with E-state index >= 15 is 0 Å². The van der Waals surface area contributed by atoms with Gasteiger partial charge in [-0.1, -0.05) is 6.92 Å². The van der Waals surface area contributed by atoms with Crippen LogP contribution in [0, 0.1) is 0 Å². The Morgan fingerprint density at radius 3 is 1.67 bits per heavy atom. The van der Waals surface area contributed by atoms with Crippen molar-refractivity contribution in [3.05, 3.63) is 0 Å². The van der Waals surface area contributed by atoms with Crippen LogP contribution in [-0.2, 0) is 42.7 Å². The molecule has 20 atom stereocenters. The molecule has 20 heteroatoms. The van der Waals surface area contributed by atoms with Crippen LogP contribution in [0.5, 0.6) is 0 Å². The third-order valence-corrected chi connectivity index (χ3v) is 9.00. The lowest BCUT2D eigenvalue weighted by molar-refractivity contribution is -0.388. The molecule has 49 heavy (non-hydrogen) atoms. The Bertz CT molecular complexity index is 1040. The van der Waals surface area contributed by atoms with Crippen LogP contribution < -0.4 is 5.32 Å². The maximum Gasteiger partial charge on any atom is 0.217 e. The Kier molecular flexibility index (Phi) is 14.5. The summed E-state index contributed by atoms with van der Waals surface area (Å²) < 4.78 is 46.8. The van der Waals surface area contributed by atoms with E-state index < -0.39 is 142 Å². The number of hydrogen-bond donors (Lipinski definition) is 11. The second kappa shape index (κ2) is 17.5. The van der Waals surface area contributed by atoms with Gasteiger partial charge in [-0.15, -0.1) is 0 Å². The molecular formula is C29H51NO19. The first kappa shape index (κ1) is 40.5. The number of aliphatic hydroxyl groups excluding tert-OH is 10. The predicted octanol–water partition coefficient (Wildman–Crippen LogP) is -6.12. The summed E-state index contributed by atoms with van der Waals surface area (Å²) in [6.45, 7) is 4.41. The van der Waals surface area contributed by atoms with Gasteiger partial charge < -0.3 is 94.3 Å². The van der Waals surface area contributed by atoms with E-state index in [1.54, 1.807) is 0 Å². The highest BCUT2D eigenvalue weighted by molar-refractivity contribution is 5.73. The molecule has 0 aromatic carbocycles. The van der Waals surface area contributed by atoms with E-state index in [1.807, 2.05) is 6.92 Å². The van der Waals surface area contributed by atoms with Crippen LogP contribution in [0.4, 0.5) is 0 Å². The number of ether oxygens (including phenoxy) is 8. The fourth-order valence-electron chi connectivity index (χ4n) is 6.16. The Morgan fingerprint density at radius 1 is 0.592 bits per heavy atom. The molecule has 1 amide bonds. The van der Waals surface area contributed by atoms with Crippen LogP contribution in [0.3, 0.4) is 0 Å². The molecule has 0 radical (unpaired) electrons. The normalized spacial score (nSPS) is 49.4. The minimum Gasteiger partial charge on any atom is -0.394 e. The van der Waals surface area contributed by atoms with E-state index in [-0.39, 0.29) is 6.61 Å². The van der Waals surface area contributed by atoms with Gasteiger partial charge in [0, 0.05) is 13.5 Å². The van der Waals surface area contributed by atoms with Crippen molar-refractivity contribution < 1.29 is 93.8 Å². The molecule has 4 heterocycles. The van der Waals surface area contributed by atoms with Crippen LogP contribution in [0.25, 0.3) is 0 Å². The zero-order chi connectivity index (χ0) is 36.3. The van der Waals surface area contributed by atoms with Gasteiger partial charge in [-0.3, -0.25) is 4.79 Å². The lowest BCUT2D eigenvalue weighted by atomic mass is 9.94. The van der Waals surface area contributed by atoms with Crippen molar-refractivity contribution in [1.29, 1.82) is 0 Å². The number of carbonyl (C=O) groups is 1. The molecule has 20 nitrogen and oxygen atoms in total. The Balaban J connectivity index is 1.68. The van der Waals surface area contributed by atoms with Crippen molar-refractivity contribution >= 4 is 5.91 Å². The third-order valence-electron chi connectivity index (χ3n) is 9.00. The highest BCUT2D eigenvalue weighted by Crippen LogP contribution is 2.35. The summed E-state index contributed by atoms with van der Waals surface area (Å²) in [5, 5.41) is 107. The molecule has 0 saturated carbocycles. The first-order chi connectivity index (χ1) is 23.1. The van der Waals surface area contributed by atoms with Crippen molar-refractivity contribution in [2.24, 2.45) is 0 Å². The number of nitrogens with one attached hydrogen (secondary N) is 1. The Labute approximate surface area is 281 Å². The van der Waals surface area contributed by atoms with Crippen LogP contribution in [-0.4, -0.2) is 200 Å². The SMILES string of the molecule is CCCO[C@@H]1OC(C)[C@H](O)C(O[C@H]2OC(CO)[C@@H](O)C(O)C2O)[C@@H]1O[C@@H]1OC(CO)[C@H](O)[C@H](O[C@@H]2OC(C)[C@H](O)C(O)[C@@H]2O)C1NC(C)=O. The van der Waals surface area contributed by atoms with E-state index in [2.05, 4.69) is 5.32 Å². The topological polar surface area (TPSA) is 305 Å². The van der Waals surface area contributed by atoms with Crippen molar-refractivity contribution in [2.45, 2.75) is 157 Å². The summed E-state index contributed by atoms with van der Waals surface area (Å²) in [5.41, 5.74) is 0. The van der Waals surface area contributed by atoms with Crippen LogP contribution in [0.15, 0.2) is 0 Å². The lowest BCUT2D eigenvalue weighted by Gasteiger charge is -2.50. The molecule has 4 aliphatic rings. The van der Waals surface area contributed by atoms with E-state index in [9.17, 15) is 55.9 Å².